The fourth-order valence-corrected chi connectivity index (χ4v) is 4.13. The van der Waals surface area contributed by atoms with Gasteiger partial charge in [-0.25, -0.2) is 0 Å². The third kappa shape index (κ3) is 5.90. The molecule has 5 nitrogen and oxygen atoms in total. The summed E-state index contributed by atoms with van der Waals surface area (Å²) in [5.41, 5.74) is 0.567. The van der Waals surface area contributed by atoms with Crippen molar-refractivity contribution in [1.82, 2.24) is 5.32 Å². The van der Waals surface area contributed by atoms with Crippen LogP contribution in [0.25, 0.3) is 0 Å². The molecule has 136 valence electrons. The second-order valence-corrected chi connectivity index (χ2v) is 7.55. The molecule has 1 aliphatic heterocycles. The fraction of sp³-hybridized carbons (Fsp3) is 0.833. The quantitative estimate of drug-likeness (QED) is 0.424. The average Bonchev–Trinajstić information content (AvgIpc) is 2.52. The van der Waals surface area contributed by atoms with Gasteiger partial charge in [0.25, 0.3) is 0 Å². The van der Waals surface area contributed by atoms with E-state index in [0.717, 1.165) is 25.7 Å². The predicted molar refractivity (Wildman–Crippen MR) is 95.7 cm³/mol. The summed E-state index contributed by atoms with van der Waals surface area (Å²) in [6.07, 6.45) is 13.6. The van der Waals surface area contributed by atoms with E-state index in [1.165, 1.54) is 31.3 Å². The topological polar surface area (TPSA) is 89.8 Å². The van der Waals surface area contributed by atoms with E-state index >= 15 is 0 Å². The smallest absolute Gasteiger partial charge is 0.451 e. The molecule has 2 unspecified atom stereocenters. The highest BCUT2D eigenvalue weighted by Crippen LogP contribution is 2.34. The van der Waals surface area contributed by atoms with Crippen molar-refractivity contribution in [3.63, 3.8) is 0 Å². The lowest BCUT2D eigenvalue weighted by atomic mass is 9.72. The van der Waals surface area contributed by atoms with Crippen molar-refractivity contribution < 1.29 is 19.9 Å². The van der Waals surface area contributed by atoms with E-state index in [0.29, 0.717) is 32.1 Å². The molecule has 1 fully saturated rings. The van der Waals surface area contributed by atoms with Gasteiger partial charge in [0, 0.05) is 0 Å². The van der Waals surface area contributed by atoms with Gasteiger partial charge in [0.15, 0.2) is 0 Å². The van der Waals surface area contributed by atoms with Crippen LogP contribution in [0.2, 0.25) is 6.32 Å². The van der Waals surface area contributed by atoms with E-state index in [1.807, 2.05) is 0 Å². The van der Waals surface area contributed by atoms with Gasteiger partial charge < -0.3 is 20.5 Å². The first-order valence-electron chi connectivity index (χ1n) is 9.54. The standard InChI is InChI=1S/C18H32BNO4/c21-17(22)18(11-8-15-6-4-2-1-3-5-7-15)14-16(10-13-20-18)9-12-19(23)24/h6,16,20,23-24H,1-5,7-14H2,(H,21,22)/b15-6-. The Morgan fingerprint density at radius 3 is 2.83 bits per heavy atom. The Balaban J connectivity index is 1.95. The highest BCUT2D eigenvalue weighted by atomic mass is 16.4. The lowest BCUT2D eigenvalue weighted by Crippen LogP contribution is -2.56. The van der Waals surface area contributed by atoms with Gasteiger partial charge >= 0.3 is 13.1 Å². The van der Waals surface area contributed by atoms with Crippen LogP contribution in [0.5, 0.6) is 0 Å². The van der Waals surface area contributed by atoms with E-state index in [9.17, 15) is 9.90 Å². The van der Waals surface area contributed by atoms with Gasteiger partial charge in [-0.2, -0.15) is 0 Å². The summed E-state index contributed by atoms with van der Waals surface area (Å²) in [6.45, 7) is 0.692. The number of aliphatic carboxylic acids is 1. The monoisotopic (exact) mass is 337 g/mol. The molecule has 0 radical (unpaired) electrons. The number of rotatable bonds is 7. The lowest BCUT2D eigenvalue weighted by Gasteiger charge is -2.39. The van der Waals surface area contributed by atoms with E-state index in [4.69, 9.17) is 10.0 Å². The molecule has 24 heavy (non-hydrogen) atoms. The Hall–Kier alpha value is -0.845. The molecule has 6 heteroatoms. The summed E-state index contributed by atoms with van der Waals surface area (Å²) < 4.78 is 0. The van der Waals surface area contributed by atoms with Crippen LogP contribution in [0.4, 0.5) is 0 Å². The summed E-state index contributed by atoms with van der Waals surface area (Å²) in [5.74, 6) is -0.515. The van der Waals surface area contributed by atoms with Gasteiger partial charge in [-0.15, -0.1) is 0 Å². The molecular weight excluding hydrogens is 305 g/mol. The summed E-state index contributed by atoms with van der Waals surface area (Å²) >= 11 is 0. The average molecular weight is 337 g/mol. The molecule has 4 N–H and O–H groups in total. The van der Waals surface area contributed by atoms with Crippen molar-refractivity contribution in [2.45, 2.75) is 82.5 Å². The number of carboxylic acid groups (broad SMARTS) is 1. The van der Waals surface area contributed by atoms with Gasteiger partial charge in [-0.05, 0) is 70.1 Å². The summed E-state index contributed by atoms with van der Waals surface area (Å²) in [6, 6.07) is 0. The summed E-state index contributed by atoms with van der Waals surface area (Å²) in [7, 11) is -1.29. The van der Waals surface area contributed by atoms with Crippen LogP contribution in [0.3, 0.4) is 0 Å². The van der Waals surface area contributed by atoms with Crippen LogP contribution in [0, 0.1) is 5.92 Å². The number of carbonyl (C=O) groups is 1. The zero-order valence-electron chi connectivity index (χ0n) is 14.7. The number of piperidine rings is 1. The minimum absolute atomic E-state index is 0.246. The molecule has 2 rings (SSSR count). The normalized spacial score (nSPS) is 30.8. The number of carboxylic acids is 1. The molecule has 0 aromatic rings. The first kappa shape index (κ1) is 19.5. The van der Waals surface area contributed by atoms with E-state index < -0.39 is 18.6 Å². The van der Waals surface area contributed by atoms with Crippen LogP contribution < -0.4 is 5.32 Å². The van der Waals surface area contributed by atoms with Crippen LogP contribution >= 0.6 is 0 Å². The highest BCUT2D eigenvalue weighted by Gasteiger charge is 2.42. The maximum atomic E-state index is 12.0. The van der Waals surface area contributed by atoms with Gasteiger partial charge in [-0.3, -0.25) is 4.79 Å². The second kappa shape index (κ2) is 9.59. The minimum Gasteiger partial charge on any atom is -0.480 e. The van der Waals surface area contributed by atoms with Crippen LogP contribution in [-0.2, 0) is 4.79 Å². The largest absolute Gasteiger partial charge is 0.480 e. The molecule has 0 bridgehead atoms. The third-order valence-electron chi connectivity index (χ3n) is 5.65. The van der Waals surface area contributed by atoms with Crippen molar-refractivity contribution in [2.75, 3.05) is 6.54 Å². The first-order valence-corrected chi connectivity index (χ1v) is 9.54. The maximum Gasteiger partial charge on any atom is 0.451 e. The highest BCUT2D eigenvalue weighted by molar-refractivity contribution is 6.40. The van der Waals surface area contributed by atoms with Crippen LogP contribution in [0.15, 0.2) is 11.6 Å². The lowest BCUT2D eigenvalue weighted by molar-refractivity contribution is -0.147. The summed E-state index contributed by atoms with van der Waals surface area (Å²) in [4.78, 5) is 12.0. The van der Waals surface area contributed by atoms with E-state index in [2.05, 4.69) is 11.4 Å². The fourth-order valence-electron chi connectivity index (χ4n) is 4.13. The number of allylic oxidation sites excluding steroid dienone is 2. The number of hydrogen-bond acceptors (Lipinski definition) is 4. The molecular formula is C18H32BNO4. The van der Waals surface area contributed by atoms with Crippen LogP contribution in [0.1, 0.15) is 70.6 Å². The Bertz CT molecular complexity index is 441. The molecule has 0 aromatic carbocycles. The maximum absolute atomic E-state index is 12.0. The SMILES string of the molecule is O=C(O)C1(CC/C2=C\CCCCCC2)CC(CCB(O)O)CCN1. The number of hydrogen-bond donors (Lipinski definition) is 4. The second-order valence-electron chi connectivity index (χ2n) is 7.55. The first-order chi connectivity index (χ1) is 11.5. The molecule has 0 amide bonds. The Kier molecular flexibility index (Phi) is 7.78. The number of nitrogens with one attached hydrogen (secondary N) is 1. The molecule has 0 saturated carbocycles. The zero-order chi connectivity index (χ0) is 17.4. The molecule has 1 heterocycles. The summed E-state index contributed by atoms with van der Waals surface area (Å²) in [5, 5.41) is 31.2. The molecule has 1 saturated heterocycles. The molecule has 1 aliphatic carbocycles. The van der Waals surface area contributed by atoms with Gasteiger partial charge in [0.05, 0.1) is 0 Å². The Morgan fingerprint density at radius 1 is 1.29 bits per heavy atom. The third-order valence-corrected chi connectivity index (χ3v) is 5.65. The minimum atomic E-state index is -1.29. The molecule has 2 atom stereocenters. The van der Waals surface area contributed by atoms with Gasteiger partial charge in [0.2, 0.25) is 0 Å². The zero-order valence-corrected chi connectivity index (χ0v) is 14.7. The van der Waals surface area contributed by atoms with Crippen molar-refractivity contribution in [2.24, 2.45) is 5.92 Å². The van der Waals surface area contributed by atoms with Crippen molar-refractivity contribution in [3.05, 3.63) is 11.6 Å². The van der Waals surface area contributed by atoms with Crippen LogP contribution in [-0.4, -0.2) is 40.3 Å². The van der Waals surface area contributed by atoms with Gasteiger partial charge in [0.1, 0.15) is 5.54 Å². The van der Waals surface area contributed by atoms with Crippen molar-refractivity contribution in [3.8, 4) is 0 Å². The molecule has 0 spiro atoms. The Morgan fingerprint density at radius 2 is 2.08 bits per heavy atom. The van der Waals surface area contributed by atoms with Crippen molar-refractivity contribution >= 4 is 13.1 Å². The molecule has 0 aromatic heterocycles. The van der Waals surface area contributed by atoms with Crippen molar-refractivity contribution in [1.29, 1.82) is 0 Å². The molecule has 2 aliphatic rings. The predicted octanol–water partition coefficient (Wildman–Crippen LogP) is 2.73. The van der Waals surface area contributed by atoms with E-state index in [-0.39, 0.29) is 5.92 Å². The van der Waals surface area contributed by atoms with E-state index in [1.54, 1.807) is 0 Å². The van der Waals surface area contributed by atoms with Gasteiger partial charge in [-0.1, -0.05) is 30.9 Å². The Labute approximate surface area is 145 Å².